The third-order valence-electron chi connectivity index (χ3n) is 5.98. The van der Waals surface area contributed by atoms with E-state index in [9.17, 15) is 13.2 Å². The predicted octanol–water partition coefficient (Wildman–Crippen LogP) is 2.65. The molecule has 0 radical (unpaired) electrons. The molecule has 2 fully saturated rings. The molecular formula is C21H28N4O4S. The van der Waals surface area contributed by atoms with Crippen LogP contribution in [0.2, 0.25) is 0 Å². The average Bonchev–Trinajstić information content (AvgIpc) is 3.45. The molecule has 8 nitrogen and oxygen atoms in total. The summed E-state index contributed by atoms with van der Waals surface area (Å²) in [7, 11) is -3.43. The molecule has 30 heavy (non-hydrogen) atoms. The lowest BCUT2D eigenvalue weighted by Gasteiger charge is -2.33. The van der Waals surface area contributed by atoms with Crippen molar-refractivity contribution in [3.8, 4) is 0 Å². The van der Waals surface area contributed by atoms with Gasteiger partial charge < -0.3 is 14.2 Å². The van der Waals surface area contributed by atoms with Gasteiger partial charge in [0.15, 0.2) is 0 Å². The van der Waals surface area contributed by atoms with Crippen molar-refractivity contribution in [1.82, 2.24) is 18.8 Å². The third-order valence-corrected chi connectivity index (χ3v) is 7.94. The summed E-state index contributed by atoms with van der Waals surface area (Å²) in [4.78, 5) is 18.2. The highest BCUT2D eigenvalue weighted by Gasteiger charge is 2.37. The molecule has 0 saturated carbocycles. The predicted molar refractivity (Wildman–Crippen MR) is 112 cm³/mol. The molecule has 0 spiro atoms. The Morgan fingerprint density at radius 3 is 2.57 bits per heavy atom. The van der Waals surface area contributed by atoms with Crippen LogP contribution in [0.4, 0.5) is 4.79 Å². The lowest BCUT2D eigenvalue weighted by Crippen LogP contribution is -2.46. The van der Waals surface area contributed by atoms with Crippen LogP contribution in [0.5, 0.6) is 0 Å². The number of hydrogen-bond donors (Lipinski definition) is 0. The number of aromatic nitrogens is 2. The van der Waals surface area contributed by atoms with Crippen LogP contribution in [0.15, 0.2) is 49.1 Å². The van der Waals surface area contributed by atoms with Gasteiger partial charge in [-0.3, -0.25) is 0 Å². The molecule has 2 aromatic rings. The summed E-state index contributed by atoms with van der Waals surface area (Å²) in [5, 5.41) is 0. The maximum Gasteiger partial charge on any atom is 0.410 e. The molecule has 1 atom stereocenters. The van der Waals surface area contributed by atoms with E-state index in [1.807, 2.05) is 41.1 Å². The average molecular weight is 433 g/mol. The molecule has 1 amide bonds. The number of hydrogen-bond acceptors (Lipinski definition) is 5. The fraction of sp³-hybridized carbons (Fsp3) is 0.524. The number of carbonyl (C=O) groups is 1. The van der Waals surface area contributed by atoms with Crippen molar-refractivity contribution in [2.75, 3.05) is 25.4 Å². The molecule has 2 aliphatic heterocycles. The van der Waals surface area contributed by atoms with Crippen LogP contribution in [-0.2, 0) is 21.4 Å². The smallest absolute Gasteiger partial charge is 0.410 e. The van der Waals surface area contributed by atoms with Crippen molar-refractivity contribution in [1.29, 1.82) is 0 Å². The van der Waals surface area contributed by atoms with Crippen LogP contribution in [0.3, 0.4) is 0 Å². The number of amides is 1. The maximum atomic E-state index is 13.0. The summed E-state index contributed by atoms with van der Waals surface area (Å²) in [5.41, 5.74) is 0.912. The Morgan fingerprint density at radius 1 is 1.10 bits per heavy atom. The largest absolute Gasteiger partial charge is 0.445 e. The topological polar surface area (TPSA) is 84.7 Å². The summed E-state index contributed by atoms with van der Waals surface area (Å²) < 4.78 is 35.1. The van der Waals surface area contributed by atoms with E-state index >= 15 is 0 Å². The summed E-state index contributed by atoms with van der Waals surface area (Å²) in [6, 6.07) is 9.44. The Kier molecular flexibility index (Phi) is 6.38. The molecule has 1 unspecified atom stereocenters. The second-order valence-corrected chi connectivity index (χ2v) is 9.96. The van der Waals surface area contributed by atoms with E-state index in [1.54, 1.807) is 21.7 Å². The van der Waals surface area contributed by atoms with Gasteiger partial charge in [-0.25, -0.2) is 22.5 Å². The molecule has 2 aliphatic rings. The van der Waals surface area contributed by atoms with Gasteiger partial charge in [0.1, 0.15) is 6.61 Å². The Hall–Kier alpha value is -2.39. The van der Waals surface area contributed by atoms with Crippen LogP contribution in [0.1, 0.15) is 37.3 Å². The number of carbonyl (C=O) groups excluding carboxylic acids is 1. The molecule has 9 heteroatoms. The normalized spacial score (nSPS) is 21.1. The van der Waals surface area contributed by atoms with Crippen molar-refractivity contribution in [2.45, 2.75) is 44.4 Å². The number of nitrogens with zero attached hydrogens (tertiary/aromatic N) is 4. The molecule has 0 aliphatic carbocycles. The van der Waals surface area contributed by atoms with Gasteiger partial charge in [0.25, 0.3) is 0 Å². The fourth-order valence-electron chi connectivity index (χ4n) is 4.30. The lowest BCUT2D eigenvalue weighted by atomic mass is 10.1. The first-order valence-electron chi connectivity index (χ1n) is 10.5. The molecule has 1 aromatic heterocycles. The van der Waals surface area contributed by atoms with Crippen LogP contribution in [0.25, 0.3) is 0 Å². The first-order valence-corrected chi connectivity index (χ1v) is 12.1. The third kappa shape index (κ3) is 4.84. The van der Waals surface area contributed by atoms with E-state index in [2.05, 4.69) is 4.98 Å². The highest BCUT2D eigenvalue weighted by atomic mass is 32.2. The molecule has 3 heterocycles. The lowest BCUT2D eigenvalue weighted by molar-refractivity contribution is 0.0946. The first-order chi connectivity index (χ1) is 14.5. The van der Waals surface area contributed by atoms with Gasteiger partial charge in [0.2, 0.25) is 10.0 Å². The highest BCUT2D eigenvalue weighted by molar-refractivity contribution is 7.89. The number of sulfonamides is 1. The number of piperidine rings is 1. The molecule has 1 aromatic carbocycles. The molecular weight excluding hydrogens is 404 g/mol. The van der Waals surface area contributed by atoms with Gasteiger partial charge in [-0.1, -0.05) is 30.3 Å². The second-order valence-electron chi connectivity index (χ2n) is 7.95. The minimum absolute atomic E-state index is 0.0385. The molecule has 2 saturated heterocycles. The highest BCUT2D eigenvalue weighted by Crippen LogP contribution is 2.26. The summed E-state index contributed by atoms with van der Waals surface area (Å²) in [6.07, 6.45) is 8.03. The van der Waals surface area contributed by atoms with Gasteiger partial charge in [-0.05, 0) is 31.2 Å². The Bertz CT molecular complexity index is 925. The summed E-state index contributed by atoms with van der Waals surface area (Å²) in [5.74, 6) is -0.0385. The van der Waals surface area contributed by atoms with E-state index in [4.69, 9.17) is 4.74 Å². The van der Waals surface area contributed by atoms with E-state index in [0.717, 1.165) is 24.8 Å². The zero-order chi connectivity index (χ0) is 21.0. The zero-order valence-corrected chi connectivity index (χ0v) is 17.8. The fourth-order valence-corrected chi connectivity index (χ4v) is 6.11. The first kappa shape index (κ1) is 20.9. The van der Waals surface area contributed by atoms with Crippen LogP contribution >= 0.6 is 0 Å². The minimum Gasteiger partial charge on any atom is -0.445 e. The van der Waals surface area contributed by atoms with Crippen molar-refractivity contribution in [3.63, 3.8) is 0 Å². The minimum atomic E-state index is -3.43. The van der Waals surface area contributed by atoms with E-state index < -0.39 is 16.1 Å². The number of benzene rings is 1. The molecule has 4 rings (SSSR count). The van der Waals surface area contributed by atoms with E-state index in [-0.39, 0.29) is 24.4 Å². The Balaban J connectivity index is 1.31. The van der Waals surface area contributed by atoms with Crippen LogP contribution in [-0.4, -0.2) is 64.7 Å². The van der Waals surface area contributed by atoms with Crippen molar-refractivity contribution < 1.29 is 17.9 Å². The van der Waals surface area contributed by atoms with Crippen molar-refractivity contribution in [3.05, 3.63) is 54.6 Å². The van der Waals surface area contributed by atoms with Crippen molar-refractivity contribution >= 4 is 16.1 Å². The van der Waals surface area contributed by atoms with Gasteiger partial charge in [-0.15, -0.1) is 0 Å². The van der Waals surface area contributed by atoms with Gasteiger partial charge >= 0.3 is 6.09 Å². The molecule has 162 valence electrons. The standard InChI is InChI=1S/C21H28N4O4S/c26-21(29-15-18-5-2-1-3-6-18)25-11-4-7-20(25)16-30(27,28)24-12-8-19(9-13-24)23-14-10-22-17-23/h1-3,5-6,10,14,17,19-20H,4,7-9,11-13,15-16H2. The molecule has 0 bridgehead atoms. The van der Waals surface area contributed by atoms with E-state index in [1.165, 1.54) is 0 Å². The van der Waals surface area contributed by atoms with Crippen LogP contribution in [0, 0.1) is 0 Å². The van der Waals surface area contributed by atoms with Gasteiger partial charge in [0, 0.05) is 38.1 Å². The summed E-state index contributed by atoms with van der Waals surface area (Å²) in [6.45, 7) is 1.72. The molecule has 0 N–H and O–H groups in total. The Labute approximate surface area is 177 Å². The zero-order valence-electron chi connectivity index (χ0n) is 17.0. The number of imidazole rings is 1. The van der Waals surface area contributed by atoms with Gasteiger partial charge in [-0.2, -0.15) is 0 Å². The SMILES string of the molecule is O=C(OCc1ccccc1)N1CCCC1CS(=O)(=O)N1CCC(n2ccnc2)CC1. The van der Waals surface area contributed by atoms with E-state index in [0.29, 0.717) is 26.1 Å². The van der Waals surface area contributed by atoms with Crippen LogP contribution < -0.4 is 0 Å². The van der Waals surface area contributed by atoms with Gasteiger partial charge in [0.05, 0.1) is 18.1 Å². The maximum absolute atomic E-state index is 13.0. The quantitative estimate of drug-likeness (QED) is 0.701. The van der Waals surface area contributed by atoms with Crippen molar-refractivity contribution in [2.24, 2.45) is 0 Å². The Morgan fingerprint density at radius 2 is 1.87 bits per heavy atom. The second kappa shape index (κ2) is 9.18. The number of ether oxygens (including phenoxy) is 1. The number of likely N-dealkylation sites (tertiary alicyclic amines) is 1. The monoisotopic (exact) mass is 432 g/mol. The number of rotatable bonds is 6. The summed E-state index contributed by atoms with van der Waals surface area (Å²) >= 11 is 0.